The average molecular weight is 243 g/mol. The van der Waals surface area contributed by atoms with Crippen molar-refractivity contribution in [3.8, 4) is 12.3 Å². The smallest absolute Gasteiger partial charge is 0.230 e. The van der Waals surface area contributed by atoms with Crippen molar-refractivity contribution in [3.05, 3.63) is 19.1 Å². The summed E-state index contributed by atoms with van der Waals surface area (Å²) in [5.41, 5.74) is 0.419. The van der Waals surface area contributed by atoms with Crippen molar-refractivity contribution in [2.75, 3.05) is 13.2 Å². The van der Waals surface area contributed by atoms with Gasteiger partial charge in [-0.15, -0.1) is 6.42 Å². The highest BCUT2D eigenvalue weighted by Crippen LogP contribution is 2.13. The summed E-state index contributed by atoms with van der Waals surface area (Å²) >= 11 is 0. The molecule has 0 aliphatic rings. The van der Waals surface area contributed by atoms with E-state index in [4.69, 9.17) is 15.5 Å². The first-order chi connectivity index (χ1) is 7.59. The van der Waals surface area contributed by atoms with E-state index >= 15 is 0 Å². The fraction of sp³-hybridized carbons (Fsp3) is 0.500. The number of rotatable bonds is 7. The van der Waals surface area contributed by atoms with Crippen LogP contribution in [-0.4, -0.2) is 19.0 Å². The molecule has 0 bridgehead atoms. The summed E-state index contributed by atoms with van der Waals surface area (Å²) in [6.45, 7) is 12.1. The van der Waals surface area contributed by atoms with Crippen LogP contribution in [0.25, 0.3) is 0 Å². The zero-order valence-electron chi connectivity index (χ0n) is 10.0. The molecule has 4 heteroatoms. The monoisotopic (exact) mass is 243 g/mol. The molecule has 1 atom stereocenters. The number of carbonyl (C=O) groups excluding carboxylic acids is 1. The van der Waals surface area contributed by atoms with Gasteiger partial charge in [0.25, 0.3) is 0 Å². The second kappa shape index (κ2) is 14.3. The van der Waals surface area contributed by atoms with Gasteiger partial charge in [0.15, 0.2) is 9.03 Å². The number of terminal acetylenes is 1. The molecule has 91 valence electrons. The van der Waals surface area contributed by atoms with Gasteiger partial charge in [-0.25, -0.2) is 0 Å². The Morgan fingerprint density at radius 3 is 2.31 bits per heavy atom. The number of hydrogen-bond donors (Lipinski definition) is 0. The molecule has 0 aromatic rings. The van der Waals surface area contributed by atoms with Crippen molar-refractivity contribution in [3.63, 3.8) is 0 Å². The van der Waals surface area contributed by atoms with Crippen molar-refractivity contribution in [2.24, 2.45) is 0 Å². The van der Waals surface area contributed by atoms with Gasteiger partial charge in [0, 0.05) is 0 Å². The molecule has 0 aliphatic heterocycles. The van der Waals surface area contributed by atoms with E-state index < -0.39 is 0 Å². The van der Waals surface area contributed by atoms with Gasteiger partial charge in [-0.2, -0.15) is 0 Å². The fourth-order valence-corrected chi connectivity index (χ4v) is 1.02. The molecule has 0 N–H and O–H groups in total. The highest BCUT2D eigenvalue weighted by atomic mass is 31.1. The lowest BCUT2D eigenvalue weighted by molar-refractivity contribution is -0.110. The molecule has 0 heterocycles. The van der Waals surface area contributed by atoms with E-state index in [1.54, 1.807) is 6.92 Å². The van der Waals surface area contributed by atoms with Crippen LogP contribution in [-0.2, 0) is 13.8 Å². The second-order valence-electron chi connectivity index (χ2n) is 2.89. The van der Waals surface area contributed by atoms with Gasteiger partial charge in [0.1, 0.15) is 0 Å². The van der Waals surface area contributed by atoms with Gasteiger partial charge < -0.3 is 9.05 Å². The third-order valence-electron chi connectivity index (χ3n) is 1.19. The zero-order valence-corrected chi connectivity index (χ0v) is 11.0. The lowest BCUT2D eigenvalue weighted by Crippen LogP contribution is -1.90. The van der Waals surface area contributed by atoms with Crippen LogP contribution in [0.3, 0.4) is 0 Å². The van der Waals surface area contributed by atoms with Gasteiger partial charge in [-0.3, -0.25) is 4.79 Å². The SMILES string of the molecule is C#CC(=O)C(=C)C.[CH2]CCOPOCCC. The van der Waals surface area contributed by atoms with E-state index in [-0.39, 0.29) is 14.8 Å². The minimum absolute atomic E-state index is 0.206. The van der Waals surface area contributed by atoms with Gasteiger partial charge in [0.2, 0.25) is 5.78 Å². The Labute approximate surface area is 101 Å². The summed E-state index contributed by atoms with van der Waals surface area (Å²) in [5, 5.41) is 0. The maximum Gasteiger partial charge on any atom is 0.230 e. The van der Waals surface area contributed by atoms with Crippen LogP contribution < -0.4 is 0 Å². The molecule has 3 nitrogen and oxygen atoms in total. The lowest BCUT2D eigenvalue weighted by Gasteiger charge is -2.00. The van der Waals surface area contributed by atoms with Crippen molar-refractivity contribution in [1.82, 2.24) is 0 Å². The fourth-order valence-electron chi connectivity index (χ4n) is 0.422. The summed E-state index contributed by atoms with van der Waals surface area (Å²) in [5.74, 6) is 1.61. The number of ketones is 1. The van der Waals surface area contributed by atoms with E-state index in [0.29, 0.717) is 12.2 Å². The number of hydrogen-bond acceptors (Lipinski definition) is 3. The Bertz CT molecular complexity index is 225. The summed E-state index contributed by atoms with van der Waals surface area (Å²) < 4.78 is 10.1. The molecule has 0 aromatic carbocycles. The standard InChI is InChI=1S/C6H14O2P.C6H6O/c1-3-5-7-9-8-6-4-2;1-4-6(7)5(2)3/h9H,1,3-6H2,2H3;1H,2H2,3H3. The number of Topliss-reactive ketones (excluding diaryl/α,β-unsaturated/α-hetero) is 1. The van der Waals surface area contributed by atoms with Crippen LogP contribution in [0.2, 0.25) is 0 Å². The normalized spacial score (nSPS) is 8.62. The van der Waals surface area contributed by atoms with Crippen LogP contribution in [0, 0.1) is 19.3 Å². The average Bonchev–Trinajstić information content (AvgIpc) is 2.28. The van der Waals surface area contributed by atoms with E-state index in [2.05, 4.69) is 20.4 Å². The first kappa shape index (κ1) is 17.7. The Morgan fingerprint density at radius 1 is 1.44 bits per heavy atom. The molecule has 0 saturated heterocycles. The number of allylic oxidation sites excluding steroid dienone is 1. The Morgan fingerprint density at radius 2 is 2.00 bits per heavy atom. The zero-order chi connectivity index (χ0) is 12.8. The molecular weight excluding hydrogens is 223 g/mol. The van der Waals surface area contributed by atoms with E-state index in [0.717, 1.165) is 19.4 Å². The lowest BCUT2D eigenvalue weighted by atomic mass is 10.2. The predicted molar refractivity (Wildman–Crippen MR) is 69.1 cm³/mol. The Balaban J connectivity index is 0. The molecule has 0 aliphatic carbocycles. The van der Waals surface area contributed by atoms with Gasteiger partial charge in [0.05, 0.1) is 13.2 Å². The van der Waals surface area contributed by atoms with E-state index in [9.17, 15) is 4.79 Å². The molecule has 0 aromatic heterocycles. The minimum Gasteiger partial charge on any atom is -0.336 e. The van der Waals surface area contributed by atoms with E-state index in [1.165, 1.54) is 0 Å². The van der Waals surface area contributed by atoms with E-state index in [1.807, 2.05) is 5.92 Å². The van der Waals surface area contributed by atoms with Crippen LogP contribution in [0.4, 0.5) is 0 Å². The second-order valence-corrected chi connectivity index (χ2v) is 3.63. The van der Waals surface area contributed by atoms with Crippen LogP contribution in [0.1, 0.15) is 26.7 Å². The highest BCUT2D eigenvalue weighted by Gasteiger charge is 1.91. The molecular formula is C12H20O3P. The molecule has 0 saturated carbocycles. The highest BCUT2D eigenvalue weighted by molar-refractivity contribution is 7.26. The van der Waals surface area contributed by atoms with Gasteiger partial charge in [-0.1, -0.05) is 20.4 Å². The van der Waals surface area contributed by atoms with Crippen molar-refractivity contribution < 1.29 is 13.8 Å². The molecule has 0 spiro atoms. The Kier molecular flexibility index (Phi) is 15.8. The first-order valence-electron chi connectivity index (χ1n) is 5.04. The minimum atomic E-state index is -0.319. The maximum absolute atomic E-state index is 10.2. The van der Waals surface area contributed by atoms with Crippen LogP contribution >= 0.6 is 9.03 Å². The Hall–Kier alpha value is -0.680. The van der Waals surface area contributed by atoms with Crippen LogP contribution in [0.5, 0.6) is 0 Å². The van der Waals surface area contributed by atoms with Crippen molar-refractivity contribution in [2.45, 2.75) is 26.7 Å². The number of carbonyl (C=O) groups is 1. The quantitative estimate of drug-likeness (QED) is 0.227. The first-order valence-corrected chi connectivity index (χ1v) is 5.86. The van der Waals surface area contributed by atoms with Crippen molar-refractivity contribution in [1.29, 1.82) is 0 Å². The van der Waals surface area contributed by atoms with Gasteiger partial charge in [-0.05, 0) is 31.3 Å². The predicted octanol–water partition coefficient (Wildman–Crippen LogP) is 2.93. The van der Waals surface area contributed by atoms with Crippen LogP contribution in [0.15, 0.2) is 12.2 Å². The third-order valence-corrected chi connectivity index (χ3v) is 1.83. The molecule has 1 unspecified atom stereocenters. The summed E-state index contributed by atoms with van der Waals surface area (Å²) in [6, 6.07) is 0. The summed E-state index contributed by atoms with van der Waals surface area (Å²) in [6.07, 6.45) is 6.59. The summed E-state index contributed by atoms with van der Waals surface area (Å²) in [4.78, 5) is 10.2. The third kappa shape index (κ3) is 15.8. The molecule has 1 radical (unpaired) electrons. The molecule has 0 fully saturated rings. The summed E-state index contributed by atoms with van der Waals surface area (Å²) in [7, 11) is 0.206. The molecule has 0 amide bonds. The topological polar surface area (TPSA) is 35.5 Å². The largest absolute Gasteiger partial charge is 0.336 e. The van der Waals surface area contributed by atoms with Crippen molar-refractivity contribution >= 4 is 14.8 Å². The molecule has 16 heavy (non-hydrogen) atoms. The molecule has 0 rings (SSSR count). The van der Waals surface area contributed by atoms with Gasteiger partial charge >= 0.3 is 0 Å². The maximum atomic E-state index is 10.2.